The third-order valence-electron chi connectivity index (χ3n) is 12.1. The second-order valence-corrected chi connectivity index (χ2v) is 18.7. The zero-order valence-corrected chi connectivity index (χ0v) is 36.1. The number of anilines is 2. The van der Waals surface area contributed by atoms with Crippen LogP contribution in [0.15, 0.2) is 170 Å². The summed E-state index contributed by atoms with van der Waals surface area (Å²) in [7, 11) is 0. The molecule has 0 unspecified atom stereocenters. The molecule has 0 atom stereocenters. The summed E-state index contributed by atoms with van der Waals surface area (Å²) in [4.78, 5) is 9.73. The van der Waals surface area contributed by atoms with Gasteiger partial charge in [-0.3, -0.25) is 4.57 Å². The van der Waals surface area contributed by atoms with Crippen LogP contribution in [-0.2, 0) is 16.2 Å². The molecule has 0 N–H and O–H groups in total. The van der Waals surface area contributed by atoms with E-state index in [0.717, 1.165) is 45.1 Å². The summed E-state index contributed by atoms with van der Waals surface area (Å²) in [6.07, 6.45) is 4.21. The third kappa shape index (κ3) is 7.34. The van der Waals surface area contributed by atoms with Gasteiger partial charge in [-0.25, -0.2) is 4.98 Å². The van der Waals surface area contributed by atoms with Crippen molar-refractivity contribution in [2.24, 2.45) is 0 Å². The van der Waals surface area contributed by atoms with Gasteiger partial charge < -0.3 is 14.5 Å². The van der Waals surface area contributed by atoms with Crippen molar-refractivity contribution < 1.29 is 4.74 Å². The molecule has 9 rings (SSSR count). The smallest absolute Gasteiger partial charge is 0.137 e. The van der Waals surface area contributed by atoms with Crippen molar-refractivity contribution >= 4 is 38.9 Å². The lowest BCUT2D eigenvalue weighted by atomic mass is 9.78. The van der Waals surface area contributed by atoms with Crippen LogP contribution in [0.3, 0.4) is 0 Å². The Balaban J connectivity index is 1.07. The molecule has 2 aromatic heterocycles. The molecule has 300 valence electrons. The Kier molecular flexibility index (Phi) is 9.66. The molecule has 5 heteroatoms. The number of hydrogen-bond acceptors (Lipinski definition) is 4. The van der Waals surface area contributed by atoms with E-state index in [4.69, 9.17) is 9.72 Å². The second-order valence-electron chi connectivity index (χ2n) is 18.7. The van der Waals surface area contributed by atoms with Crippen molar-refractivity contribution in [1.82, 2.24) is 9.55 Å². The van der Waals surface area contributed by atoms with Gasteiger partial charge in [0.1, 0.15) is 17.3 Å². The summed E-state index contributed by atoms with van der Waals surface area (Å²) in [5.41, 5.74) is 11.7. The Morgan fingerprint density at radius 1 is 0.500 bits per heavy atom. The van der Waals surface area contributed by atoms with Crippen LogP contribution in [-0.4, -0.2) is 16.2 Å². The van der Waals surface area contributed by atoms with Gasteiger partial charge in [-0.05, 0) is 93.2 Å². The van der Waals surface area contributed by atoms with E-state index in [0.29, 0.717) is 6.67 Å². The van der Waals surface area contributed by atoms with Gasteiger partial charge in [0.2, 0.25) is 0 Å². The minimum Gasteiger partial charge on any atom is -0.457 e. The molecular formula is C55H54N4O. The number of rotatable bonds is 8. The second kappa shape index (κ2) is 14.9. The van der Waals surface area contributed by atoms with E-state index >= 15 is 0 Å². The first-order valence-electron chi connectivity index (χ1n) is 21.1. The highest BCUT2D eigenvalue weighted by molar-refractivity contribution is 6.09. The van der Waals surface area contributed by atoms with Gasteiger partial charge >= 0.3 is 0 Å². The quantitative estimate of drug-likeness (QED) is 0.154. The number of para-hydroxylation sites is 1. The molecule has 1 aliphatic heterocycles. The number of aromatic nitrogens is 2. The van der Waals surface area contributed by atoms with E-state index in [-0.39, 0.29) is 16.2 Å². The Morgan fingerprint density at radius 2 is 1.15 bits per heavy atom. The summed E-state index contributed by atoms with van der Waals surface area (Å²) in [6.45, 7) is 19.0. The maximum Gasteiger partial charge on any atom is 0.137 e. The minimum atomic E-state index is -0.202. The summed E-state index contributed by atoms with van der Waals surface area (Å²) in [5.74, 6) is 2.42. The fourth-order valence-electron chi connectivity index (χ4n) is 8.41. The first-order chi connectivity index (χ1) is 28.7. The van der Waals surface area contributed by atoms with Crippen LogP contribution >= 0.6 is 0 Å². The van der Waals surface area contributed by atoms with Crippen molar-refractivity contribution in [2.45, 2.75) is 71.6 Å². The summed E-state index contributed by atoms with van der Waals surface area (Å²) in [5, 5.41) is 2.33. The summed E-state index contributed by atoms with van der Waals surface area (Å²) < 4.78 is 9.01. The van der Waals surface area contributed by atoms with Gasteiger partial charge in [0.25, 0.3) is 0 Å². The lowest BCUT2D eigenvalue weighted by molar-refractivity contribution is 0.483. The number of fused-ring (bicyclic) bond motifs is 3. The molecule has 0 fully saturated rings. The maximum atomic E-state index is 6.74. The topological polar surface area (TPSA) is 33.5 Å². The average molecular weight is 787 g/mol. The van der Waals surface area contributed by atoms with E-state index in [9.17, 15) is 0 Å². The molecule has 0 radical (unpaired) electrons. The van der Waals surface area contributed by atoms with Gasteiger partial charge in [0.15, 0.2) is 0 Å². The highest BCUT2D eigenvalue weighted by Crippen LogP contribution is 2.41. The normalized spacial score (nSPS) is 13.6. The number of hydrogen-bond donors (Lipinski definition) is 0. The molecule has 3 heterocycles. The first-order valence-corrected chi connectivity index (χ1v) is 21.1. The van der Waals surface area contributed by atoms with E-state index < -0.39 is 0 Å². The molecule has 6 aromatic carbocycles. The van der Waals surface area contributed by atoms with Gasteiger partial charge in [0, 0.05) is 52.1 Å². The fraction of sp³-hybridized carbons (Fsp3) is 0.218. The van der Waals surface area contributed by atoms with Gasteiger partial charge in [-0.2, -0.15) is 0 Å². The highest BCUT2D eigenvalue weighted by Gasteiger charge is 2.29. The first kappa shape index (κ1) is 38.9. The van der Waals surface area contributed by atoms with Crippen LogP contribution < -0.4 is 14.5 Å². The van der Waals surface area contributed by atoms with Crippen LogP contribution in [0.2, 0.25) is 0 Å². The molecular weight excluding hydrogens is 733 g/mol. The zero-order chi connectivity index (χ0) is 41.8. The number of pyridine rings is 1. The molecule has 1 aliphatic rings. The molecule has 0 bridgehead atoms. The molecule has 60 heavy (non-hydrogen) atoms. The Hall–Kier alpha value is -6.59. The number of nitrogens with zero attached hydrogens (tertiary/aromatic N) is 4. The van der Waals surface area contributed by atoms with Crippen LogP contribution in [0.5, 0.6) is 11.5 Å². The van der Waals surface area contributed by atoms with Gasteiger partial charge in [0.05, 0.1) is 23.4 Å². The SMILES string of the molecule is CC(C)(C)c1cc(N2CN(c3cccc(Oc4ccc5c6ccccc6n(-c6cc(C(C)(C)c7ccccc7)ccn6)c5c4)c3)C=C2c2ccccc2)cc(C(C)(C)C)c1. The van der Waals surface area contributed by atoms with Crippen molar-refractivity contribution in [1.29, 1.82) is 0 Å². The molecule has 8 aromatic rings. The highest BCUT2D eigenvalue weighted by atomic mass is 16.5. The zero-order valence-electron chi connectivity index (χ0n) is 36.1. The Morgan fingerprint density at radius 3 is 1.87 bits per heavy atom. The van der Waals surface area contributed by atoms with E-state index in [2.05, 4.69) is 228 Å². The predicted molar refractivity (Wildman–Crippen MR) is 252 cm³/mol. The monoisotopic (exact) mass is 786 g/mol. The van der Waals surface area contributed by atoms with E-state index in [1.54, 1.807) is 0 Å². The van der Waals surface area contributed by atoms with Crippen LogP contribution in [0.1, 0.15) is 83.2 Å². The lowest BCUT2D eigenvalue weighted by Crippen LogP contribution is -2.27. The van der Waals surface area contributed by atoms with E-state index in [1.165, 1.54) is 38.9 Å². The summed E-state index contributed by atoms with van der Waals surface area (Å²) in [6, 6.07) is 56.3. The van der Waals surface area contributed by atoms with Crippen molar-refractivity contribution in [3.05, 3.63) is 198 Å². The maximum absolute atomic E-state index is 6.74. The predicted octanol–water partition coefficient (Wildman–Crippen LogP) is 14.2. The fourth-order valence-corrected chi connectivity index (χ4v) is 8.41. The lowest BCUT2D eigenvalue weighted by Gasteiger charge is -2.30. The van der Waals surface area contributed by atoms with Crippen molar-refractivity contribution in [2.75, 3.05) is 16.5 Å². The molecule has 5 nitrogen and oxygen atoms in total. The molecule has 0 aliphatic carbocycles. The minimum absolute atomic E-state index is 0.00886. The van der Waals surface area contributed by atoms with Gasteiger partial charge in [-0.15, -0.1) is 0 Å². The van der Waals surface area contributed by atoms with Crippen LogP contribution in [0.25, 0.3) is 33.3 Å². The van der Waals surface area contributed by atoms with Gasteiger partial charge in [-0.1, -0.05) is 146 Å². The molecule has 0 amide bonds. The van der Waals surface area contributed by atoms with E-state index in [1.807, 2.05) is 12.3 Å². The summed E-state index contributed by atoms with van der Waals surface area (Å²) >= 11 is 0. The Labute approximate surface area is 355 Å². The average Bonchev–Trinajstić information content (AvgIpc) is 3.84. The van der Waals surface area contributed by atoms with Crippen molar-refractivity contribution in [3.8, 4) is 17.3 Å². The number of benzene rings is 6. The third-order valence-corrected chi connectivity index (χ3v) is 12.1. The molecule has 0 saturated carbocycles. The van der Waals surface area contributed by atoms with Crippen LogP contribution in [0, 0.1) is 0 Å². The van der Waals surface area contributed by atoms with Crippen LogP contribution in [0.4, 0.5) is 11.4 Å². The number of ether oxygens (including phenoxy) is 1. The standard InChI is InChI=1S/C55H54N4O/c1-53(2,3)41-30-42(54(4,5)6)32-44(31-41)58-37-57(36-51(58)38-18-11-9-12-19-38)43-22-17-23-45(34-43)60-46-26-27-48-47-24-15-16-25-49(47)59(50(48)35-46)52-33-40(28-29-56-52)55(7,8)39-20-13-10-14-21-39/h9-36H,37H2,1-8H3. The van der Waals surface area contributed by atoms with Crippen molar-refractivity contribution in [3.63, 3.8) is 0 Å². The molecule has 0 saturated heterocycles. The molecule has 0 spiro atoms. The largest absolute Gasteiger partial charge is 0.457 e. The Bertz CT molecular complexity index is 2840.